The molecule has 1 N–H and O–H groups in total. The number of aryl methyl sites for hydroxylation is 1. The van der Waals surface area contributed by atoms with E-state index in [2.05, 4.69) is 5.32 Å². The highest BCUT2D eigenvalue weighted by Gasteiger charge is 2.13. The van der Waals surface area contributed by atoms with Crippen LogP contribution >= 0.6 is 11.6 Å². The van der Waals surface area contributed by atoms with E-state index in [0.717, 1.165) is 16.0 Å². The van der Waals surface area contributed by atoms with Gasteiger partial charge in [-0.2, -0.15) is 0 Å². The van der Waals surface area contributed by atoms with Crippen LogP contribution in [0.2, 0.25) is 5.02 Å². The van der Waals surface area contributed by atoms with E-state index in [1.807, 2.05) is 55.5 Å². The first kappa shape index (κ1) is 19.4. The quantitative estimate of drug-likeness (QED) is 0.633. The molecule has 1 heterocycles. The van der Waals surface area contributed by atoms with Gasteiger partial charge in [0.25, 0.3) is 5.91 Å². The van der Waals surface area contributed by atoms with E-state index in [4.69, 9.17) is 16.0 Å². The Kier molecular flexibility index (Phi) is 6.48. The summed E-state index contributed by atoms with van der Waals surface area (Å²) in [5.74, 6) is 0.705. The summed E-state index contributed by atoms with van der Waals surface area (Å²) >= 11 is 5.86. The van der Waals surface area contributed by atoms with E-state index >= 15 is 0 Å². The highest BCUT2D eigenvalue weighted by atomic mass is 35.5. The first-order valence-corrected chi connectivity index (χ1v) is 10.3. The third-order valence-corrected chi connectivity index (χ3v) is 5.65. The fraction of sp³-hybridized carbons (Fsp3) is 0.190. The number of furan rings is 1. The second-order valence-corrected chi connectivity index (χ2v) is 8.09. The first-order chi connectivity index (χ1) is 13.0. The summed E-state index contributed by atoms with van der Waals surface area (Å²) in [6, 6.07) is 18.4. The van der Waals surface area contributed by atoms with Crippen LogP contribution in [-0.2, 0) is 23.0 Å². The SMILES string of the molecule is Cc1ccc([S@@](=O)Cc2ccc(C(=O)NCCc3ccc(Cl)cc3)o2)cc1. The molecular weight excluding hydrogens is 382 g/mol. The lowest BCUT2D eigenvalue weighted by Gasteiger charge is -2.04. The summed E-state index contributed by atoms with van der Waals surface area (Å²) in [4.78, 5) is 12.9. The lowest BCUT2D eigenvalue weighted by Crippen LogP contribution is -2.25. The fourth-order valence-corrected chi connectivity index (χ4v) is 3.68. The third kappa shape index (κ3) is 5.55. The van der Waals surface area contributed by atoms with E-state index in [-0.39, 0.29) is 17.4 Å². The molecule has 3 rings (SSSR count). The van der Waals surface area contributed by atoms with Crippen molar-refractivity contribution in [2.45, 2.75) is 24.0 Å². The number of amides is 1. The molecule has 4 nitrogen and oxygen atoms in total. The topological polar surface area (TPSA) is 59.3 Å². The molecule has 27 heavy (non-hydrogen) atoms. The van der Waals surface area contributed by atoms with Crippen LogP contribution in [0.5, 0.6) is 0 Å². The Morgan fingerprint density at radius 2 is 1.74 bits per heavy atom. The van der Waals surface area contributed by atoms with E-state index in [1.54, 1.807) is 12.1 Å². The molecule has 1 atom stereocenters. The Bertz CT molecular complexity index is 933. The van der Waals surface area contributed by atoms with Crippen LogP contribution in [-0.4, -0.2) is 16.7 Å². The van der Waals surface area contributed by atoms with Crippen molar-refractivity contribution in [2.75, 3.05) is 6.54 Å². The van der Waals surface area contributed by atoms with Crippen LogP contribution in [0.1, 0.15) is 27.4 Å². The van der Waals surface area contributed by atoms with Gasteiger partial charge in [-0.3, -0.25) is 9.00 Å². The van der Waals surface area contributed by atoms with Crippen molar-refractivity contribution in [3.63, 3.8) is 0 Å². The lowest BCUT2D eigenvalue weighted by atomic mass is 10.1. The number of rotatable bonds is 7. The average Bonchev–Trinajstić information content (AvgIpc) is 3.12. The molecule has 0 saturated heterocycles. The van der Waals surface area contributed by atoms with Crippen LogP contribution < -0.4 is 5.32 Å². The molecular formula is C21H20ClNO3S. The van der Waals surface area contributed by atoms with Crippen LogP contribution in [0.15, 0.2) is 70.0 Å². The zero-order valence-electron chi connectivity index (χ0n) is 14.9. The summed E-state index contributed by atoms with van der Waals surface area (Å²) in [5.41, 5.74) is 2.21. The van der Waals surface area contributed by atoms with Crippen molar-refractivity contribution in [3.8, 4) is 0 Å². The van der Waals surface area contributed by atoms with Crippen molar-refractivity contribution < 1.29 is 13.4 Å². The number of carbonyl (C=O) groups excluding carboxylic acids is 1. The largest absolute Gasteiger partial charge is 0.455 e. The van der Waals surface area contributed by atoms with Gasteiger partial charge in [-0.05, 0) is 55.3 Å². The molecule has 0 spiro atoms. The van der Waals surface area contributed by atoms with Gasteiger partial charge < -0.3 is 9.73 Å². The van der Waals surface area contributed by atoms with Gasteiger partial charge >= 0.3 is 0 Å². The fourth-order valence-electron chi connectivity index (χ4n) is 2.54. The zero-order valence-corrected chi connectivity index (χ0v) is 16.5. The molecule has 1 amide bonds. The molecule has 0 radical (unpaired) electrons. The Balaban J connectivity index is 1.51. The minimum absolute atomic E-state index is 0.224. The molecule has 6 heteroatoms. The van der Waals surface area contributed by atoms with Crippen molar-refractivity contribution >= 4 is 28.3 Å². The van der Waals surface area contributed by atoms with Crippen LogP contribution in [0.3, 0.4) is 0 Å². The van der Waals surface area contributed by atoms with Crippen molar-refractivity contribution in [1.82, 2.24) is 5.32 Å². The second-order valence-electron chi connectivity index (χ2n) is 6.20. The Labute approximate surface area is 166 Å². The molecule has 1 aromatic heterocycles. The van der Waals surface area contributed by atoms with Crippen LogP contribution in [0.25, 0.3) is 0 Å². The number of hydrogen-bond acceptors (Lipinski definition) is 3. The monoisotopic (exact) mass is 401 g/mol. The number of carbonyl (C=O) groups is 1. The molecule has 3 aromatic rings. The Morgan fingerprint density at radius 1 is 1.04 bits per heavy atom. The molecule has 140 valence electrons. The van der Waals surface area contributed by atoms with E-state index in [0.29, 0.717) is 23.7 Å². The van der Waals surface area contributed by atoms with E-state index < -0.39 is 10.8 Å². The van der Waals surface area contributed by atoms with E-state index in [9.17, 15) is 9.00 Å². The predicted octanol–water partition coefficient (Wildman–Crippen LogP) is 4.52. The van der Waals surface area contributed by atoms with Gasteiger partial charge in [0, 0.05) is 16.5 Å². The standard InChI is InChI=1S/C21H20ClNO3S/c1-15-2-9-19(10-3-15)27(25)14-18-8-11-20(26-18)21(24)23-13-12-16-4-6-17(22)7-5-16/h2-11H,12-14H2,1H3,(H,23,24)/t27-/m0/s1. The van der Waals surface area contributed by atoms with Gasteiger partial charge in [-0.15, -0.1) is 0 Å². The first-order valence-electron chi connectivity index (χ1n) is 8.57. The lowest BCUT2D eigenvalue weighted by molar-refractivity contribution is 0.0925. The van der Waals surface area contributed by atoms with Crippen molar-refractivity contribution in [1.29, 1.82) is 0 Å². The van der Waals surface area contributed by atoms with E-state index in [1.165, 1.54) is 0 Å². The minimum atomic E-state index is -1.21. The zero-order chi connectivity index (χ0) is 19.2. The molecule has 0 aliphatic rings. The predicted molar refractivity (Wildman–Crippen MR) is 107 cm³/mol. The van der Waals surface area contributed by atoms with Gasteiger partial charge in [0.15, 0.2) is 5.76 Å². The summed E-state index contributed by atoms with van der Waals surface area (Å²) < 4.78 is 18.0. The van der Waals surface area contributed by atoms with Crippen molar-refractivity contribution in [2.24, 2.45) is 0 Å². The summed E-state index contributed by atoms with van der Waals surface area (Å²) in [5, 5.41) is 3.51. The number of benzene rings is 2. The molecule has 2 aromatic carbocycles. The molecule has 0 saturated carbocycles. The minimum Gasteiger partial charge on any atom is -0.455 e. The van der Waals surface area contributed by atoms with Crippen LogP contribution in [0.4, 0.5) is 0 Å². The van der Waals surface area contributed by atoms with Crippen molar-refractivity contribution in [3.05, 3.63) is 88.3 Å². The summed E-state index contributed by atoms with van der Waals surface area (Å²) in [6.07, 6.45) is 0.702. The molecule has 0 fully saturated rings. The highest BCUT2D eigenvalue weighted by molar-refractivity contribution is 7.84. The smallest absolute Gasteiger partial charge is 0.287 e. The third-order valence-electron chi connectivity index (χ3n) is 4.06. The highest BCUT2D eigenvalue weighted by Crippen LogP contribution is 2.16. The number of nitrogens with one attached hydrogen (secondary N) is 1. The Hall–Kier alpha value is -2.37. The molecule has 0 bridgehead atoms. The van der Waals surface area contributed by atoms with Gasteiger partial charge in [0.05, 0.1) is 16.6 Å². The molecule has 0 unspecified atom stereocenters. The maximum Gasteiger partial charge on any atom is 0.287 e. The summed E-state index contributed by atoms with van der Waals surface area (Å²) in [6.45, 7) is 2.48. The molecule has 0 aliphatic heterocycles. The number of halogens is 1. The van der Waals surface area contributed by atoms with Gasteiger partial charge in [-0.1, -0.05) is 41.4 Å². The average molecular weight is 402 g/mol. The van der Waals surface area contributed by atoms with Gasteiger partial charge in [0.1, 0.15) is 5.76 Å². The summed E-state index contributed by atoms with van der Waals surface area (Å²) in [7, 11) is -1.21. The van der Waals surface area contributed by atoms with Gasteiger partial charge in [-0.25, -0.2) is 0 Å². The Morgan fingerprint density at radius 3 is 2.44 bits per heavy atom. The maximum absolute atomic E-state index is 12.4. The van der Waals surface area contributed by atoms with Gasteiger partial charge in [0.2, 0.25) is 0 Å². The maximum atomic E-state index is 12.4. The van der Waals surface area contributed by atoms with Crippen LogP contribution in [0, 0.1) is 6.92 Å². The molecule has 0 aliphatic carbocycles. The normalized spacial score (nSPS) is 11.9. The second kappa shape index (κ2) is 9.02. The number of hydrogen-bond donors (Lipinski definition) is 1.